The molecule has 0 aliphatic carbocycles. The first-order valence-corrected chi connectivity index (χ1v) is 10.2. The Labute approximate surface area is 159 Å². The van der Waals surface area contributed by atoms with Crippen molar-refractivity contribution in [1.29, 1.82) is 0 Å². The molecule has 27 heavy (non-hydrogen) atoms. The lowest BCUT2D eigenvalue weighted by Crippen LogP contribution is -2.21. The zero-order valence-electron chi connectivity index (χ0n) is 15.3. The van der Waals surface area contributed by atoms with Crippen molar-refractivity contribution in [3.63, 3.8) is 0 Å². The van der Waals surface area contributed by atoms with Gasteiger partial charge in [-0.3, -0.25) is 0 Å². The molecule has 0 atom stereocenters. The van der Waals surface area contributed by atoms with Crippen LogP contribution in [0.4, 0.5) is 11.6 Å². The van der Waals surface area contributed by atoms with E-state index < -0.39 is 9.84 Å². The topological polar surface area (TPSA) is 75.2 Å². The average Bonchev–Trinajstić information content (AvgIpc) is 2.68. The summed E-state index contributed by atoms with van der Waals surface area (Å²) in [5.74, 6) is 0.550. The highest BCUT2D eigenvalue weighted by atomic mass is 32.2. The van der Waals surface area contributed by atoms with Crippen molar-refractivity contribution in [2.75, 3.05) is 31.7 Å². The molecule has 7 heteroatoms. The Balaban J connectivity index is 1.74. The van der Waals surface area contributed by atoms with Crippen molar-refractivity contribution >= 4 is 21.5 Å². The first kappa shape index (κ1) is 19.0. The second-order valence-electron chi connectivity index (χ2n) is 6.40. The van der Waals surface area contributed by atoms with E-state index >= 15 is 0 Å². The van der Waals surface area contributed by atoms with Crippen molar-refractivity contribution in [3.8, 4) is 11.3 Å². The van der Waals surface area contributed by atoms with E-state index in [1.54, 1.807) is 30.5 Å². The van der Waals surface area contributed by atoms with Crippen LogP contribution >= 0.6 is 0 Å². The van der Waals surface area contributed by atoms with Gasteiger partial charge in [-0.2, -0.15) is 0 Å². The van der Waals surface area contributed by atoms with Crippen LogP contribution < -0.4 is 5.32 Å². The van der Waals surface area contributed by atoms with Crippen molar-refractivity contribution in [2.45, 2.75) is 4.90 Å². The van der Waals surface area contributed by atoms with E-state index in [2.05, 4.69) is 15.3 Å². The molecule has 0 saturated heterocycles. The van der Waals surface area contributed by atoms with Crippen molar-refractivity contribution in [1.82, 2.24) is 14.9 Å². The molecule has 3 rings (SSSR count). The molecule has 6 nitrogen and oxygen atoms in total. The van der Waals surface area contributed by atoms with Crippen LogP contribution in [0.5, 0.6) is 0 Å². The zero-order chi connectivity index (χ0) is 19.3. The second kappa shape index (κ2) is 8.28. The zero-order valence-corrected chi connectivity index (χ0v) is 16.1. The molecular formula is C20H22N4O2S. The van der Waals surface area contributed by atoms with Gasteiger partial charge in [0, 0.05) is 24.0 Å². The molecular weight excluding hydrogens is 360 g/mol. The quantitative estimate of drug-likeness (QED) is 0.676. The summed E-state index contributed by atoms with van der Waals surface area (Å²) in [5, 5.41) is 3.12. The van der Waals surface area contributed by atoms with Gasteiger partial charge in [0.2, 0.25) is 5.95 Å². The molecule has 0 amide bonds. The average molecular weight is 382 g/mol. The van der Waals surface area contributed by atoms with Gasteiger partial charge in [0.1, 0.15) is 0 Å². The van der Waals surface area contributed by atoms with Crippen LogP contribution in [0, 0.1) is 0 Å². The third-order valence-electron chi connectivity index (χ3n) is 4.00. The number of nitrogens with zero attached hydrogens (tertiary/aromatic N) is 3. The number of rotatable bonds is 7. The molecule has 2 aromatic carbocycles. The summed E-state index contributed by atoms with van der Waals surface area (Å²) in [7, 11) is 0.418. The summed E-state index contributed by atoms with van der Waals surface area (Å²) in [6.07, 6.45) is 1.69. The number of anilines is 2. The second-order valence-corrected chi connectivity index (χ2v) is 8.51. The van der Waals surface area contributed by atoms with Gasteiger partial charge in [-0.15, -0.1) is 0 Å². The number of sulfone groups is 1. The van der Waals surface area contributed by atoms with E-state index in [-0.39, 0.29) is 5.75 Å². The fraction of sp³-hybridized carbons (Fsp3) is 0.200. The number of nitrogens with one attached hydrogen (secondary N) is 1. The number of benzene rings is 2. The monoisotopic (exact) mass is 382 g/mol. The predicted molar refractivity (Wildman–Crippen MR) is 108 cm³/mol. The fourth-order valence-electron chi connectivity index (χ4n) is 2.48. The third kappa shape index (κ3) is 5.12. The van der Waals surface area contributed by atoms with Crippen LogP contribution in [0.15, 0.2) is 71.8 Å². The minimum Gasteiger partial charge on any atom is -0.324 e. The summed E-state index contributed by atoms with van der Waals surface area (Å²) >= 11 is 0. The lowest BCUT2D eigenvalue weighted by Gasteiger charge is -2.11. The van der Waals surface area contributed by atoms with Gasteiger partial charge in [0.05, 0.1) is 16.3 Å². The van der Waals surface area contributed by atoms with E-state index in [1.165, 1.54) is 0 Å². The molecule has 0 saturated carbocycles. The summed E-state index contributed by atoms with van der Waals surface area (Å²) < 4.78 is 24.7. The van der Waals surface area contributed by atoms with Crippen molar-refractivity contribution in [3.05, 3.63) is 66.9 Å². The smallest absolute Gasteiger partial charge is 0.227 e. The highest BCUT2D eigenvalue weighted by Crippen LogP contribution is 2.20. The minimum absolute atomic E-state index is 0.0923. The predicted octanol–water partition coefficient (Wildman–Crippen LogP) is 3.22. The van der Waals surface area contributed by atoms with Gasteiger partial charge in [0.25, 0.3) is 0 Å². The molecule has 3 aromatic rings. The number of hydrogen-bond acceptors (Lipinski definition) is 6. The molecule has 0 aliphatic heterocycles. The Morgan fingerprint density at radius 1 is 0.963 bits per heavy atom. The van der Waals surface area contributed by atoms with E-state index in [0.717, 1.165) is 16.9 Å². The summed E-state index contributed by atoms with van der Waals surface area (Å²) in [5.41, 5.74) is 2.55. The van der Waals surface area contributed by atoms with Crippen LogP contribution in [-0.2, 0) is 9.84 Å². The van der Waals surface area contributed by atoms with Gasteiger partial charge in [-0.1, -0.05) is 30.3 Å². The Hall–Kier alpha value is -2.77. The lowest BCUT2D eigenvalue weighted by molar-refractivity contribution is 0.432. The summed E-state index contributed by atoms with van der Waals surface area (Å²) in [6, 6.07) is 18.4. The number of aromatic nitrogens is 2. The maximum atomic E-state index is 12.3. The number of hydrogen-bond donors (Lipinski definition) is 1. The maximum Gasteiger partial charge on any atom is 0.227 e. The molecule has 1 aromatic heterocycles. The highest BCUT2D eigenvalue weighted by Gasteiger charge is 2.14. The molecule has 0 aliphatic rings. The van der Waals surface area contributed by atoms with E-state index in [4.69, 9.17) is 0 Å². The summed E-state index contributed by atoms with van der Waals surface area (Å²) in [4.78, 5) is 10.9. The molecule has 0 fully saturated rings. The molecule has 1 N–H and O–H groups in total. The molecule has 0 bridgehead atoms. The van der Waals surface area contributed by atoms with Crippen LogP contribution in [0.25, 0.3) is 11.3 Å². The van der Waals surface area contributed by atoms with E-state index in [1.807, 2.05) is 55.4 Å². The van der Waals surface area contributed by atoms with Gasteiger partial charge >= 0.3 is 0 Å². The SMILES string of the molecule is CN(C)CCS(=O)(=O)c1ccc(Nc2nccc(-c3ccccc3)n2)cc1. The van der Waals surface area contributed by atoms with Crippen LogP contribution in [0.3, 0.4) is 0 Å². The Bertz CT molecular complexity index is 988. The van der Waals surface area contributed by atoms with Gasteiger partial charge < -0.3 is 10.2 Å². The van der Waals surface area contributed by atoms with E-state index in [0.29, 0.717) is 17.4 Å². The maximum absolute atomic E-state index is 12.3. The molecule has 1 heterocycles. The van der Waals surface area contributed by atoms with Gasteiger partial charge in [0.15, 0.2) is 9.84 Å². The fourth-order valence-corrected chi connectivity index (χ4v) is 3.88. The largest absolute Gasteiger partial charge is 0.324 e. The summed E-state index contributed by atoms with van der Waals surface area (Å²) in [6.45, 7) is 0.489. The van der Waals surface area contributed by atoms with Crippen molar-refractivity contribution < 1.29 is 8.42 Å². The van der Waals surface area contributed by atoms with Gasteiger partial charge in [-0.05, 0) is 44.4 Å². The van der Waals surface area contributed by atoms with Crippen LogP contribution in [0.2, 0.25) is 0 Å². The lowest BCUT2D eigenvalue weighted by atomic mass is 10.1. The van der Waals surface area contributed by atoms with Gasteiger partial charge in [-0.25, -0.2) is 18.4 Å². The molecule has 140 valence electrons. The molecule has 0 spiro atoms. The van der Waals surface area contributed by atoms with Crippen molar-refractivity contribution in [2.24, 2.45) is 0 Å². The molecule has 0 radical (unpaired) electrons. The Morgan fingerprint density at radius 3 is 2.33 bits per heavy atom. The minimum atomic E-state index is -3.29. The Morgan fingerprint density at radius 2 is 1.67 bits per heavy atom. The highest BCUT2D eigenvalue weighted by molar-refractivity contribution is 7.91. The molecule has 0 unspecified atom stereocenters. The van der Waals surface area contributed by atoms with E-state index in [9.17, 15) is 8.42 Å². The first-order chi connectivity index (χ1) is 12.9. The van der Waals surface area contributed by atoms with Crippen LogP contribution in [0.1, 0.15) is 0 Å². The first-order valence-electron chi connectivity index (χ1n) is 8.57. The normalized spacial score (nSPS) is 11.5. The Kier molecular flexibility index (Phi) is 5.83. The van der Waals surface area contributed by atoms with Crippen LogP contribution in [-0.4, -0.2) is 49.7 Å². The standard InChI is InChI=1S/C20H22N4O2S/c1-24(2)14-15-27(25,26)18-10-8-17(9-11-18)22-20-21-13-12-19(23-20)16-6-4-3-5-7-16/h3-13H,14-15H2,1-2H3,(H,21,22,23). The third-order valence-corrected chi connectivity index (χ3v) is 5.71.